The molecule has 1 saturated carbocycles. The fourth-order valence-corrected chi connectivity index (χ4v) is 7.67. The van der Waals surface area contributed by atoms with Crippen LogP contribution in [0.1, 0.15) is 168 Å². The Morgan fingerprint density at radius 1 is 0.636 bits per heavy atom. The summed E-state index contributed by atoms with van der Waals surface area (Å²) in [4.78, 5) is 23.3. The van der Waals surface area contributed by atoms with Gasteiger partial charge in [-0.25, -0.2) is 4.57 Å². The standard InChI is InChI=1S/C41H78NO12P/c1-3-5-7-9-11-13-15-16-17-18-19-20-22-24-26-28-32(43)30-35(45)42-33(34(44)29-27-25-23-21-14-12-10-8-6-4-2)31-53-55(51,52)54-41-39(49)37(47)36(46)38(48)40(41)50/h16-17,27,29,32-34,36-41,43-44,46-50H,3-15,18-26,28,30-31H2,1-2H3,(H,42,45)(H,51,52)/b17-16-,29-27+. The highest BCUT2D eigenvalue weighted by Crippen LogP contribution is 2.47. The number of carbonyl (C=O) groups excluding carboxylic acids is 1. The highest BCUT2D eigenvalue weighted by atomic mass is 31.2. The number of aliphatic hydroxyl groups excluding tert-OH is 7. The molecule has 1 aliphatic rings. The van der Waals surface area contributed by atoms with Gasteiger partial charge in [0, 0.05) is 0 Å². The first kappa shape index (κ1) is 51.8. The average molecular weight is 808 g/mol. The second-order valence-electron chi connectivity index (χ2n) is 15.4. The molecule has 0 heterocycles. The van der Waals surface area contributed by atoms with Crippen LogP contribution in [0.2, 0.25) is 0 Å². The number of nitrogens with one attached hydrogen (secondary N) is 1. The summed E-state index contributed by atoms with van der Waals surface area (Å²) in [6.45, 7) is 3.68. The molecule has 55 heavy (non-hydrogen) atoms. The lowest BCUT2D eigenvalue weighted by molar-refractivity contribution is -0.220. The molecule has 0 aromatic carbocycles. The molecule has 13 nitrogen and oxygen atoms in total. The first-order chi connectivity index (χ1) is 26.3. The monoisotopic (exact) mass is 808 g/mol. The van der Waals surface area contributed by atoms with Crippen molar-refractivity contribution in [1.29, 1.82) is 0 Å². The van der Waals surface area contributed by atoms with Crippen molar-refractivity contribution in [2.75, 3.05) is 6.61 Å². The molecule has 8 atom stereocenters. The van der Waals surface area contributed by atoms with Gasteiger partial charge in [-0.05, 0) is 44.9 Å². The second kappa shape index (κ2) is 31.7. The quantitative estimate of drug-likeness (QED) is 0.0207. The van der Waals surface area contributed by atoms with E-state index in [4.69, 9.17) is 9.05 Å². The zero-order chi connectivity index (χ0) is 40.9. The summed E-state index contributed by atoms with van der Waals surface area (Å²) in [5, 5.41) is 74.1. The largest absolute Gasteiger partial charge is 0.472 e. The molecule has 324 valence electrons. The molecule has 0 aromatic heterocycles. The maximum absolute atomic E-state index is 12.9. The summed E-state index contributed by atoms with van der Waals surface area (Å²) in [6.07, 6.45) is 18.6. The molecule has 8 unspecified atom stereocenters. The summed E-state index contributed by atoms with van der Waals surface area (Å²) in [5.74, 6) is -0.601. The lowest BCUT2D eigenvalue weighted by Gasteiger charge is -2.41. The number of hydrogen-bond donors (Lipinski definition) is 9. The Morgan fingerprint density at radius 2 is 1.05 bits per heavy atom. The van der Waals surface area contributed by atoms with E-state index in [1.165, 1.54) is 76.7 Å². The van der Waals surface area contributed by atoms with Crippen LogP contribution in [0.5, 0.6) is 0 Å². The molecule has 14 heteroatoms. The second-order valence-corrected chi connectivity index (χ2v) is 16.8. The third-order valence-corrected chi connectivity index (χ3v) is 11.3. The van der Waals surface area contributed by atoms with E-state index < -0.39 is 75.2 Å². The number of amides is 1. The van der Waals surface area contributed by atoms with E-state index >= 15 is 0 Å². The Morgan fingerprint density at radius 3 is 1.55 bits per heavy atom. The van der Waals surface area contributed by atoms with Gasteiger partial charge in [0.15, 0.2) is 0 Å². The molecule has 0 saturated heterocycles. The van der Waals surface area contributed by atoms with Gasteiger partial charge in [-0.15, -0.1) is 0 Å². The Kier molecular flexibility index (Phi) is 29.9. The number of phosphoric acid groups is 1. The molecule has 0 spiro atoms. The summed E-state index contributed by atoms with van der Waals surface area (Å²) < 4.78 is 22.8. The lowest BCUT2D eigenvalue weighted by Crippen LogP contribution is -2.64. The van der Waals surface area contributed by atoms with Gasteiger partial charge in [-0.1, -0.05) is 141 Å². The van der Waals surface area contributed by atoms with Gasteiger partial charge in [0.1, 0.15) is 36.6 Å². The minimum atomic E-state index is -5.13. The third-order valence-electron chi connectivity index (χ3n) is 10.3. The van der Waals surface area contributed by atoms with Gasteiger partial charge in [0.05, 0.1) is 31.3 Å². The van der Waals surface area contributed by atoms with Crippen LogP contribution in [0.3, 0.4) is 0 Å². The number of aliphatic hydroxyl groups is 7. The number of carbonyl (C=O) groups is 1. The van der Waals surface area contributed by atoms with Crippen LogP contribution in [-0.4, -0.2) is 108 Å². The van der Waals surface area contributed by atoms with Crippen molar-refractivity contribution in [1.82, 2.24) is 5.32 Å². The number of hydrogen-bond acceptors (Lipinski definition) is 11. The van der Waals surface area contributed by atoms with Crippen molar-refractivity contribution >= 4 is 13.7 Å². The molecule has 0 aliphatic heterocycles. The SMILES string of the molecule is CCCCCCCC/C=C\CCCCCCCC(O)CC(=O)NC(COP(=O)(O)OC1C(O)C(O)C(O)C(O)C1O)C(O)/C=C/CCCCCCCCCC. The van der Waals surface area contributed by atoms with Gasteiger partial charge in [-0.3, -0.25) is 13.8 Å². The number of unbranched alkanes of at least 4 members (excludes halogenated alkanes) is 19. The molecule has 9 N–H and O–H groups in total. The molecule has 0 radical (unpaired) electrons. The van der Waals surface area contributed by atoms with Crippen molar-refractivity contribution in [3.63, 3.8) is 0 Å². The predicted molar refractivity (Wildman–Crippen MR) is 215 cm³/mol. The molecule has 1 fully saturated rings. The molecular weight excluding hydrogens is 729 g/mol. The smallest absolute Gasteiger partial charge is 0.393 e. The predicted octanol–water partition coefficient (Wildman–Crippen LogP) is 6.03. The topological polar surface area (TPSA) is 226 Å². The lowest BCUT2D eigenvalue weighted by atomic mass is 9.85. The van der Waals surface area contributed by atoms with Crippen LogP contribution in [0, 0.1) is 0 Å². The van der Waals surface area contributed by atoms with E-state index in [9.17, 15) is 50.0 Å². The Labute approximate surface area is 331 Å². The summed E-state index contributed by atoms with van der Waals surface area (Å²) >= 11 is 0. The van der Waals surface area contributed by atoms with Crippen molar-refractivity contribution in [3.8, 4) is 0 Å². The van der Waals surface area contributed by atoms with Gasteiger partial charge in [0.25, 0.3) is 0 Å². The van der Waals surface area contributed by atoms with Crippen LogP contribution in [0.4, 0.5) is 0 Å². The molecule has 0 aromatic rings. The molecule has 1 aliphatic carbocycles. The number of phosphoric ester groups is 1. The van der Waals surface area contributed by atoms with Crippen LogP contribution in [0.25, 0.3) is 0 Å². The maximum atomic E-state index is 12.9. The molecule has 1 amide bonds. The van der Waals surface area contributed by atoms with E-state index in [2.05, 4.69) is 31.3 Å². The van der Waals surface area contributed by atoms with Gasteiger partial charge < -0.3 is 46.0 Å². The summed E-state index contributed by atoms with van der Waals surface area (Å²) in [5.41, 5.74) is 0. The normalized spacial score (nSPS) is 24.6. The Bertz CT molecular complexity index is 1050. The van der Waals surface area contributed by atoms with Crippen molar-refractivity contribution < 1.29 is 59.0 Å². The summed E-state index contributed by atoms with van der Waals surface area (Å²) in [7, 11) is -5.13. The van der Waals surface area contributed by atoms with Crippen molar-refractivity contribution in [2.45, 2.75) is 223 Å². The number of rotatable bonds is 34. The zero-order valence-electron chi connectivity index (χ0n) is 33.8. The van der Waals surface area contributed by atoms with E-state index in [0.29, 0.717) is 12.8 Å². The average Bonchev–Trinajstić information content (AvgIpc) is 3.15. The maximum Gasteiger partial charge on any atom is 0.472 e. The minimum absolute atomic E-state index is 0.250. The minimum Gasteiger partial charge on any atom is -0.393 e. The molecule has 1 rings (SSSR count). The fourth-order valence-electron chi connectivity index (χ4n) is 6.70. The Hall–Kier alpha value is -1.22. The fraction of sp³-hybridized carbons (Fsp3) is 0.878. The van der Waals surface area contributed by atoms with E-state index in [1.807, 2.05) is 0 Å². The highest BCUT2D eigenvalue weighted by molar-refractivity contribution is 7.47. The summed E-state index contributed by atoms with van der Waals surface area (Å²) in [6, 6.07) is -1.24. The van der Waals surface area contributed by atoms with E-state index in [-0.39, 0.29) is 6.42 Å². The first-order valence-electron chi connectivity index (χ1n) is 21.4. The van der Waals surface area contributed by atoms with Gasteiger partial charge >= 0.3 is 7.82 Å². The molecule has 0 bridgehead atoms. The van der Waals surface area contributed by atoms with E-state index in [0.717, 1.165) is 64.2 Å². The van der Waals surface area contributed by atoms with Crippen molar-refractivity contribution in [3.05, 3.63) is 24.3 Å². The van der Waals surface area contributed by atoms with Crippen molar-refractivity contribution in [2.24, 2.45) is 0 Å². The Balaban J connectivity index is 2.58. The third kappa shape index (κ3) is 24.3. The van der Waals surface area contributed by atoms with Gasteiger partial charge in [-0.2, -0.15) is 0 Å². The zero-order valence-corrected chi connectivity index (χ0v) is 34.7. The molecular formula is C41H78NO12P. The van der Waals surface area contributed by atoms with E-state index in [1.54, 1.807) is 6.08 Å². The number of allylic oxidation sites excluding steroid dienone is 3. The first-order valence-corrected chi connectivity index (χ1v) is 22.9. The van der Waals surface area contributed by atoms with Gasteiger partial charge in [0.2, 0.25) is 5.91 Å². The van der Waals surface area contributed by atoms with Crippen LogP contribution >= 0.6 is 7.82 Å². The van der Waals surface area contributed by atoms with Crippen LogP contribution in [0.15, 0.2) is 24.3 Å². The highest BCUT2D eigenvalue weighted by Gasteiger charge is 2.51. The van der Waals surface area contributed by atoms with Crippen LogP contribution in [-0.2, 0) is 18.4 Å². The van der Waals surface area contributed by atoms with Crippen LogP contribution < -0.4 is 5.32 Å².